The van der Waals surface area contributed by atoms with E-state index in [9.17, 15) is 9.18 Å². The lowest BCUT2D eigenvalue weighted by atomic mass is 10.2. The number of carbonyl (C=O) groups is 1. The summed E-state index contributed by atoms with van der Waals surface area (Å²) in [6, 6.07) is 12.3. The summed E-state index contributed by atoms with van der Waals surface area (Å²) in [5, 5.41) is 0. The highest BCUT2D eigenvalue weighted by Crippen LogP contribution is 2.28. The van der Waals surface area contributed by atoms with Gasteiger partial charge in [-0.2, -0.15) is 0 Å². The Hall–Kier alpha value is -2.21. The smallest absolute Gasteiger partial charge is 0.290 e. The summed E-state index contributed by atoms with van der Waals surface area (Å²) in [5.74, 6) is -0.0424. The number of nitrogens with zero attached hydrogens (tertiary/aromatic N) is 3. The van der Waals surface area contributed by atoms with Crippen LogP contribution in [-0.2, 0) is 13.1 Å². The van der Waals surface area contributed by atoms with E-state index in [1.54, 1.807) is 23.1 Å². The summed E-state index contributed by atoms with van der Waals surface area (Å²) in [6.07, 6.45) is 0. The maximum atomic E-state index is 13.8. The van der Waals surface area contributed by atoms with Crippen LogP contribution in [0.25, 0.3) is 11.0 Å². The topological polar surface area (TPSA) is 38.1 Å². The summed E-state index contributed by atoms with van der Waals surface area (Å²) in [4.78, 5) is 18.8. The number of halogens is 2. The third-order valence-electron chi connectivity index (χ3n) is 4.11. The fraction of sp³-hybridized carbons (Fsp3) is 0.176. The van der Waals surface area contributed by atoms with E-state index in [-0.39, 0.29) is 18.3 Å². The molecule has 0 N–H and O–H groups in total. The molecule has 3 aromatic rings. The number of benzene rings is 2. The fourth-order valence-electron chi connectivity index (χ4n) is 2.97. The first kappa shape index (κ1) is 14.4. The second-order valence-corrected chi connectivity index (χ2v) is 6.37. The van der Waals surface area contributed by atoms with E-state index in [2.05, 4.69) is 20.9 Å². The van der Waals surface area contributed by atoms with Crippen LogP contribution < -0.4 is 0 Å². The number of rotatable bonds is 2. The van der Waals surface area contributed by atoms with Crippen LogP contribution in [0.2, 0.25) is 0 Å². The minimum absolute atomic E-state index is 0.164. The first-order valence-electron chi connectivity index (χ1n) is 7.32. The highest BCUT2D eigenvalue weighted by molar-refractivity contribution is 9.10. The Morgan fingerprint density at radius 2 is 1.96 bits per heavy atom. The molecule has 0 spiro atoms. The SMILES string of the molecule is O=C1c2nc3cccc(Br)c3n2CCN1Cc1ccccc1F. The number of fused-ring (bicyclic) bond motifs is 3. The van der Waals surface area contributed by atoms with Gasteiger partial charge in [0.2, 0.25) is 0 Å². The minimum atomic E-state index is -0.290. The van der Waals surface area contributed by atoms with Crippen molar-refractivity contribution in [1.82, 2.24) is 14.5 Å². The highest BCUT2D eigenvalue weighted by atomic mass is 79.9. The van der Waals surface area contributed by atoms with Crippen LogP contribution in [0, 0.1) is 5.82 Å². The first-order chi connectivity index (χ1) is 11.1. The van der Waals surface area contributed by atoms with Crippen molar-refractivity contribution >= 4 is 32.9 Å². The molecule has 0 fully saturated rings. The Kier molecular flexibility index (Phi) is 3.41. The molecule has 1 amide bonds. The van der Waals surface area contributed by atoms with Crippen LogP contribution in [0.4, 0.5) is 4.39 Å². The first-order valence-corrected chi connectivity index (χ1v) is 8.12. The van der Waals surface area contributed by atoms with Crippen molar-refractivity contribution in [3.8, 4) is 0 Å². The molecule has 116 valence electrons. The molecule has 4 rings (SSSR count). The summed E-state index contributed by atoms with van der Waals surface area (Å²) >= 11 is 3.52. The summed E-state index contributed by atoms with van der Waals surface area (Å²) in [7, 11) is 0. The predicted octanol–water partition coefficient (Wildman–Crippen LogP) is 3.59. The normalized spacial score (nSPS) is 14.3. The Morgan fingerprint density at radius 3 is 2.78 bits per heavy atom. The van der Waals surface area contributed by atoms with E-state index < -0.39 is 0 Å². The van der Waals surface area contributed by atoms with Crippen LogP contribution in [-0.4, -0.2) is 26.9 Å². The molecule has 2 aromatic carbocycles. The van der Waals surface area contributed by atoms with E-state index in [1.165, 1.54) is 6.07 Å². The maximum absolute atomic E-state index is 13.8. The van der Waals surface area contributed by atoms with Gasteiger partial charge in [-0.3, -0.25) is 4.79 Å². The Bertz CT molecular complexity index is 921. The zero-order valence-corrected chi connectivity index (χ0v) is 13.8. The number of para-hydroxylation sites is 1. The van der Waals surface area contributed by atoms with Gasteiger partial charge < -0.3 is 9.47 Å². The van der Waals surface area contributed by atoms with E-state index in [0.717, 1.165) is 15.5 Å². The molecule has 1 aromatic heterocycles. The van der Waals surface area contributed by atoms with Crippen LogP contribution in [0.5, 0.6) is 0 Å². The summed E-state index contributed by atoms with van der Waals surface area (Å²) < 4.78 is 16.7. The largest absolute Gasteiger partial charge is 0.330 e. The second-order valence-electron chi connectivity index (χ2n) is 5.51. The molecule has 1 aliphatic rings. The number of hydrogen-bond donors (Lipinski definition) is 0. The van der Waals surface area contributed by atoms with Crippen LogP contribution in [0.1, 0.15) is 16.2 Å². The van der Waals surface area contributed by atoms with Crippen molar-refractivity contribution in [2.45, 2.75) is 13.1 Å². The third kappa shape index (κ3) is 2.34. The van der Waals surface area contributed by atoms with Gasteiger partial charge in [0, 0.05) is 29.7 Å². The zero-order chi connectivity index (χ0) is 16.0. The van der Waals surface area contributed by atoms with E-state index >= 15 is 0 Å². The van der Waals surface area contributed by atoms with E-state index in [4.69, 9.17) is 0 Å². The molecule has 0 aliphatic carbocycles. The van der Waals surface area contributed by atoms with Gasteiger partial charge in [0.1, 0.15) is 5.82 Å². The van der Waals surface area contributed by atoms with Gasteiger partial charge in [-0.15, -0.1) is 0 Å². The molecule has 6 heteroatoms. The average Bonchev–Trinajstić information content (AvgIpc) is 2.93. The van der Waals surface area contributed by atoms with Gasteiger partial charge in [0.25, 0.3) is 5.91 Å². The standard InChI is InChI=1S/C17H13BrFN3O/c18-12-5-3-7-14-15(12)22-9-8-21(17(23)16(22)20-14)10-11-4-1-2-6-13(11)19/h1-7H,8-10H2. The number of amides is 1. The summed E-state index contributed by atoms with van der Waals surface area (Å²) in [6.45, 7) is 1.44. The van der Waals surface area contributed by atoms with Crippen molar-refractivity contribution in [2.24, 2.45) is 0 Å². The minimum Gasteiger partial charge on any atom is -0.330 e. The van der Waals surface area contributed by atoms with Gasteiger partial charge in [-0.1, -0.05) is 24.3 Å². The van der Waals surface area contributed by atoms with Crippen LogP contribution in [0.15, 0.2) is 46.9 Å². The summed E-state index contributed by atoms with van der Waals surface area (Å²) in [5.41, 5.74) is 2.24. The van der Waals surface area contributed by atoms with Gasteiger partial charge in [-0.25, -0.2) is 9.37 Å². The molecular formula is C17H13BrFN3O. The van der Waals surface area contributed by atoms with Gasteiger partial charge in [0.15, 0.2) is 5.82 Å². The predicted molar refractivity (Wildman–Crippen MR) is 88.6 cm³/mol. The fourth-order valence-corrected chi connectivity index (χ4v) is 3.54. The number of carbonyl (C=O) groups excluding carboxylic acids is 1. The number of imidazole rings is 1. The molecule has 2 heterocycles. The lowest BCUT2D eigenvalue weighted by molar-refractivity contribution is 0.0683. The molecule has 1 aliphatic heterocycles. The quantitative estimate of drug-likeness (QED) is 0.688. The van der Waals surface area contributed by atoms with Crippen molar-refractivity contribution in [3.05, 3.63) is 64.1 Å². The zero-order valence-electron chi connectivity index (χ0n) is 12.2. The molecular weight excluding hydrogens is 361 g/mol. The molecule has 0 atom stereocenters. The second kappa shape index (κ2) is 5.45. The van der Waals surface area contributed by atoms with Gasteiger partial charge in [0.05, 0.1) is 11.0 Å². The molecule has 0 unspecified atom stereocenters. The molecule has 0 saturated carbocycles. The number of hydrogen-bond acceptors (Lipinski definition) is 2. The van der Waals surface area contributed by atoms with Crippen molar-refractivity contribution in [1.29, 1.82) is 0 Å². The van der Waals surface area contributed by atoms with Crippen LogP contribution in [0.3, 0.4) is 0 Å². The third-order valence-corrected chi connectivity index (χ3v) is 4.75. The van der Waals surface area contributed by atoms with Crippen LogP contribution >= 0.6 is 15.9 Å². The molecule has 0 radical (unpaired) electrons. The monoisotopic (exact) mass is 373 g/mol. The van der Waals surface area contributed by atoms with Crippen molar-refractivity contribution in [3.63, 3.8) is 0 Å². The highest BCUT2D eigenvalue weighted by Gasteiger charge is 2.29. The lowest BCUT2D eigenvalue weighted by Crippen LogP contribution is -2.40. The van der Waals surface area contributed by atoms with Gasteiger partial charge in [-0.05, 0) is 34.1 Å². The molecule has 23 heavy (non-hydrogen) atoms. The van der Waals surface area contributed by atoms with E-state index in [1.807, 2.05) is 22.8 Å². The van der Waals surface area contributed by atoms with Gasteiger partial charge >= 0.3 is 0 Å². The van der Waals surface area contributed by atoms with Crippen molar-refractivity contribution in [2.75, 3.05) is 6.54 Å². The van der Waals surface area contributed by atoms with Crippen molar-refractivity contribution < 1.29 is 9.18 Å². The maximum Gasteiger partial charge on any atom is 0.290 e. The molecule has 0 bridgehead atoms. The average molecular weight is 374 g/mol. The number of aromatic nitrogens is 2. The Morgan fingerprint density at radius 1 is 1.13 bits per heavy atom. The van der Waals surface area contributed by atoms with E-state index in [0.29, 0.717) is 24.5 Å². The lowest BCUT2D eigenvalue weighted by Gasteiger charge is -2.28. The molecule has 4 nitrogen and oxygen atoms in total. The Balaban J connectivity index is 1.71. The Labute approximate surface area is 140 Å². The molecule has 0 saturated heterocycles.